The van der Waals surface area contributed by atoms with Crippen molar-refractivity contribution >= 4 is 5.97 Å². The lowest BCUT2D eigenvalue weighted by atomic mass is 9.47. The Morgan fingerprint density at radius 2 is 2.27 bits per heavy atom. The van der Waals surface area contributed by atoms with Crippen LogP contribution in [0.2, 0.25) is 0 Å². The van der Waals surface area contributed by atoms with E-state index in [1.54, 1.807) is 0 Å². The zero-order chi connectivity index (χ0) is 10.6. The summed E-state index contributed by atoms with van der Waals surface area (Å²) in [5.74, 6) is 1.80. The lowest BCUT2D eigenvalue weighted by Crippen LogP contribution is -2.58. The molecule has 3 rings (SSSR count). The second-order valence-electron chi connectivity index (χ2n) is 5.34. The fourth-order valence-corrected chi connectivity index (χ4v) is 4.45. The molecule has 3 nitrogen and oxygen atoms in total. The fraction of sp³-hybridized carbons (Fsp3) is 0.750. The van der Waals surface area contributed by atoms with Crippen molar-refractivity contribution in [2.75, 3.05) is 6.54 Å². The maximum absolute atomic E-state index is 11.0. The predicted octanol–water partition coefficient (Wildman–Crippen LogP) is 1.25. The Bertz CT molecular complexity index is 339. The predicted molar refractivity (Wildman–Crippen MR) is 56.1 cm³/mol. The molecule has 0 heterocycles. The summed E-state index contributed by atoms with van der Waals surface area (Å²) in [6.45, 7) is 0.530. The quantitative estimate of drug-likeness (QED) is 0.684. The number of carboxylic acid groups (broad SMARTS) is 1. The molecule has 2 fully saturated rings. The summed E-state index contributed by atoms with van der Waals surface area (Å²) in [5, 5.41) is 9.01. The molecule has 82 valence electrons. The van der Waals surface area contributed by atoms with E-state index in [2.05, 4.69) is 12.2 Å². The Morgan fingerprint density at radius 1 is 1.47 bits per heavy atom. The zero-order valence-electron chi connectivity index (χ0n) is 8.73. The topological polar surface area (TPSA) is 63.3 Å². The summed E-state index contributed by atoms with van der Waals surface area (Å²) in [5.41, 5.74) is 5.75. The van der Waals surface area contributed by atoms with Gasteiger partial charge in [-0.05, 0) is 43.1 Å². The number of carboxylic acids is 1. The van der Waals surface area contributed by atoms with Crippen molar-refractivity contribution < 1.29 is 9.90 Å². The average molecular weight is 207 g/mol. The first-order valence-corrected chi connectivity index (χ1v) is 5.79. The molecule has 3 N–H and O–H groups in total. The first-order chi connectivity index (χ1) is 7.19. The molecule has 5 atom stereocenters. The van der Waals surface area contributed by atoms with Gasteiger partial charge in [-0.25, -0.2) is 0 Å². The third-order valence-electron chi connectivity index (χ3n) is 5.01. The van der Waals surface area contributed by atoms with Crippen LogP contribution in [0.5, 0.6) is 0 Å². The van der Waals surface area contributed by atoms with Gasteiger partial charge in [-0.2, -0.15) is 0 Å². The highest BCUT2D eigenvalue weighted by Gasteiger charge is 2.65. The molecule has 0 saturated heterocycles. The van der Waals surface area contributed by atoms with Gasteiger partial charge in [0.05, 0.1) is 6.42 Å². The summed E-state index contributed by atoms with van der Waals surface area (Å²) in [6, 6.07) is 0. The van der Waals surface area contributed by atoms with Crippen LogP contribution >= 0.6 is 0 Å². The van der Waals surface area contributed by atoms with Gasteiger partial charge in [-0.1, -0.05) is 12.2 Å². The highest BCUT2D eigenvalue weighted by Crippen LogP contribution is 2.69. The van der Waals surface area contributed by atoms with Crippen LogP contribution in [0.1, 0.15) is 19.3 Å². The van der Waals surface area contributed by atoms with E-state index in [0.29, 0.717) is 18.4 Å². The van der Waals surface area contributed by atoms with E-state index in [-0.39, 0.29) is 11.8 Å². The van der Waals surface area contributed by atoms with Gasteiger partial charge >= 0.3 is 5.97 Å². The number of carbonyl (C=O) groups is 1. The Morgan fingerprint density at radius 3 is 2.93 bits per heavy atom. The minimum Gasteiger partial charge on any atom is -0.481 e. The van der Waals surface area contributed by atoms with Gasteiger partial charge in [0.25, 0.3) is 0 Å². The van der Waals surface area contributed by atoms with Crippen molar-refractivity contribution in [3.05, 3.63) is 12.2 Å². The molecular formula is C12H17NO2. The van der Waals surface area contributed by atoms with Crippen molar-refractivity contribution in [1.29, 1.82) is 0 Å². The Kier molecular flexibility index (Phi) is 1.78. The minimum absolute atomic E-state index is 0.113. The van der Waals surface area contributed by atoms with Crippen molar-refractivity contribution in [3.63, 3.8) is 0 Å². The van der Waals surface area contributed by atoms with E-state index in [1.807, 2.05) is 0 Å². The van der Waals surface area contributed by atoms with Crippen LogP contribution in [0.3, 0.4) is 0 Å². The van der Waals surface area contributed by atoms with E-state index in [4.69, 9.17) is 10.8 Å². The molecule has 0 aliphatic heterocycles. The summed E-state index contributed by atoms with van der Waals surface area (Å²) in [7, 11) is 0. The van der Waals surface area contributed by atoms with E-state index in [9.17, 15) is 4.79 Å². The second kappa shape index (κ2) is 2.85. The van der Waals surface area contributed by atoms with E-state index < -0.39 is 5.97 Å². The van der Waals surface area contributed by atoms with E-state index in [0.717, 1.165) is 11.8 Å². The van der Waals surface area contributed by atoms with Gasteiger partial charge in [-0.3, -0.25) is 4.79 Å². The molecular weight excluding hydrogens is 190 g/mol. The van der Waals surface area contributed by atoms with Crippen LogP contribution in [0.15, 0.2) is 12.2 Å². The molecule has 0 spiro atoms. The lowest BCUT2D eigenvalue weighted by Gasteiger charge is -2.57. The van der Waals surface area contributed by atoms with Gasteiger partial charge in [0.15, 0.2) is 0 Å². The van der Waals surface area contributed by atoms with E-state index >= 15 is 0 Å². The maximum Gasteiger partial charge on any atom is 0.303 e. The largest absolute Gasteiger partial charge is 0.481 e. The minimum atomic E-state index is -0.692. The number of aliphatic carboxylic acids is 1. The molecule has 15 heavy (non-hydrogen) atoms. The number of nitrogens with two attached hydrogens (primary N) is 1. The lowest BCUT2D eigenvalue weighted by molar-refractivity contribution is -0.150. The molecule has 2 saturated carbocycles. The molecule has 3 aliphatic carbocycles. The monoisotopic (exact) mass is 207 g/mol. The summed E-state index contributed by atoms with van der Waals surface area (Å²) >= 11 is 0. The standard InChI is InChI=1S/C12H17NO2/c13-6-12(5-10(14)15)8-3-1-7-2-4-9(12)11(7)8/h1,3,7-9,11H,2,4-6,13H2,(H,14,15)/t7?,8-,9+,11+,12-/m1/s1. The molecule has 0 amide bonds. The molecule has 0 aromatic carbocycles. The number of hydrogen-bond acceptors (Lipinski definition) is 2. The first kappa shape index (κ1) is 9.40. The third-order valence-corrected chi connectivity index (χ3v) is 5.01. The van der Waals surface area contributed by atoms with Crippen molar-refractivity contribution in [3.8, 4) is 0 Å². The number of allylic oxidation sites excluding steroid dienone is 2. The third kappa shape index (κ3) is 0.969. The van der Waals surface area contributed by atoms with Crippen LogP contribution in [0.25, 0.3) is 0 Å². The molecule has 3 aliphatic rings. The highest BCUT2D eigenvalue weighted by molar-refractivity contribution is 5.68. The first-order valence-electron chi connectivity index (χ1n) is 5.79. The SMILES string of the molecule is NC[C@]1(CC(=O)O)[C@@H]2C=CC3CC[C@H]1[C@@H]32. The van der Waals surface area contributed by atoms with Gasteiger partial charge in [0.2, 0.25) is 0 Å². The summed E-state index contributed by atoms with van der Waals surface area (Å²) in [4.78, 5) is 11.0. The molecule has 0 bridgehead atoms. The van der Waals surface area contributed by atoms with Crippen LogP contribution in [-0.4, -0.2) is 17.6 Å². The maximum atomic E-state index is 11.0. The van der Waals surface area contributed by atoms with Crippen LogP contribution in [0, 0.1) is 29.1 Å². The van der Waals surface area contributed by atoms with Crippen molar-refractivity contribution in [2.45, 2.75) is 19.3 Å². The van der Waals surface area contributed by atoms with Gasteiger partial charge in [0, 0.05) is 5.41 Å². The van der Waals surface area contributed by atoms with E-state index in [1.165, 1.54) is 12.8 Å². The molecule has 3 heteroatoms. The Balaban J connectivity index is 1.91. The van der Waals surface area contributed by atoms with Crippen LogP contribution in [-0.2, 0) is 4.79 Å². The summed E-state index contributed by atoms with van der Waals surface area (Å²) < 4.78 is 0. The second-order valence-corrected chi connectivity index (χ2v) is 5.34. The van der Waals surface area contributed by atoms with Gasteiger partial charge in [-0.15, -0.1) is 0 Å². The molecule has 0 radical (unpaired) electrons. The Hall–Kier alpha value is -0.830. The van der Waals surface area contributed by atoms with Crippen LogP contribution in [0.4, 0.5) is 0 Å². The number of rotatable bonds is 3. The van der Waals surface area contributed by atoms with Crippen molar-refractivity contribution in [1.82, 2.24) is 0 Å². The molecule has 0 aromatic rings. The highest BCUT2D eigenvalue weighted by atomic mass is 16.4. The molecule has 0 aromatic heterocycles. The summed E-state index contributed by atoms with van der Waals surface area (Å²) in [6.07, 6.45) is 7.21. The van der Waals surface area contributed by atoms with Crippen molar-refractivity contribution in [2.24, 2.45) is 34.8 Å². The van der Waals surface area contributed by atoms with Crippen LogP contribution < -0.4 is 5.73 Å². The average Bonchev–Trinajstić information content (AvgIpc) is 2.67. The zero-order valence-corrected chi connectivity index (χ0v) is 8.73. The Labute approximate surface area is 89.3 Å². The normalized spacial score (nSPS) is 50.2. The fourth-order valence-electron chi connectivity index (χ4n) is 4.45. The molecule has 1 unspecified atom stereocenters. The van der Waals surface area contributed by atoms with Gasteiger partial charge < -0.3 is 10.8 Å². The smallest absolute Gasteiger partial charge is 0.303 e. The van der Waals surface area contributed by atoms with Gasteiger partial charge in [0.1, 0.15) is 0 Å². The number of hydrogen-bond donors (Lipinski definition) is 2.